The number of likely N-dealkylation sites (N-methyl/N-ethyl adjacent to an activating group) is 1. The van der Waals surface area contributed by atoms with Crippen LogP contribution >= 0.6 is 0 Å². The molecule has 0 aromatic rings. The van der Waals surface area contributed by atoms with Crippen molar-refractivity contribution < 1.29 is 36.1 Å². The van der Waals surface area contributed by atoms with E-state index in [1.54, 1.807) is 6.92 Å². The Hall–Kier alpha value is -0.390. The summed E-state index contributed by atoms with van der Waals surface area (Å²) in [6.07, 6.45) is 4.63. The van der Waals surface area contributed by atoms with Crippen molar-refractivity contribution in [3.8, 4) is 0 Å². The van der Waals surface area contributed by atoms with Crippen molar-refractivity contribution in [2.45, 2.75) is 45.1 Å². The molecule has 0 rings (SSSR count). The van der Waals surface area contributed by atoms with Crippen LogP contribution in [0.2, 0.25) is 0 Å². The van der Waals surface area contributed by atoms with Crippen LogP contribution in [0.1, 0.15) is 39.0 Å². The Labute approximate surface area is 134 Å². The number of carbonyl (C=O) groups is 1. The summed E-state index contributed by atoms with van der Waals surface area (Å²) < 4.78 is 5.80. The van der Waals surface area contributed by atoms with Gasteiger partial charge in [-0.3, -0.25) is 0 Å². The molecule has 1 N–H and O–H groups in total. The van der Waals surface area contributed by atoms with E-state index in [2.05, 4.69) is 27.7 Å². The summed E-state index contributed by atoms with van der Waals surface area (Å²) in [6, 6.07) is 0. The standard InChI is InChI=1S/C15H30NO3.BrH/c1-13(2)15(18)19-11-9-7-6-8-10-14(17)12-16(3,4)5;/h14,17H,1,6-12H2,2-5H3;1H/q+1;/p-1. The van der Waals surface area contributed by atoms with Crippen LogP contribution < -0.4 is 17.0 Å². The molecule has 0 spiro atoms. The van der Waals surface area contributed by atoms with E-state index in [-0.39, 0.29) is 29.1 Å². The van der Waals surface area contributed by atoms with E-state index in [9.17, 15) is 9.90 Å². The first-order valence-electron chi connectivity index (χ1n) is 7.03. The highest BCUT2D eigenvalue weighted by Crippen LogP contribution is 2.08. The summed E-state index contributed by atoms with van der Waals surface area (Å²) in [5.74, 6) is -0.307. The SMILES string of the molecule is C=C(C)C(=O)OCCCCCCC(O)C[N+](C)(C)C.[Br-]. The first kappa shape index (κ1) is 21.9. The summed E-state index contributed by atoms with van der Waals surface area (Å²) in [6.45, 7) is 6.43. The van der Waals surface area contributed by atoms with Gasteiger partial charge < -0.3 is 31.3 Å². The van der Waals surface area contributed by atoms with Crippen molar-refractivity contribution in [3.05, 3.63) is 12.2 Å². The van der Waals surface area contributed by atoms with E-state index >= 15 is 0 Å². The van der Waals surface area contributed by atoms with Crippen LogP contribution in [0.5, 0.6) is 0 Å². The minimum Gasteiger partial charge on any atom is -1.00 e. The second kappa shape index (κ2) is 11.3. The molecule has 0 saturated heterocycles. The van der Waals surface area contributed by atoms with Gasteiger partial charge in [0, 0.05) is 5.57 Å². The third kappa shape index (κ3) is 14.0. The summed E-state index contributed by atoms with van der Waals surface area (Å²) in [7, 11) is 6.25. The van der Waals surface area contributed by atoms with Gasteiger partial charge in [-0.1, -0.05) is 25.8 Å². The molecule has 0 fully saturated rings. The zero-order valence-electron chi connectivity index (χ0n) is 13.3. The number of hydrogen-bond donors (Lipinski definition) is 1. The molecule has 0 bridgehead atoms. The maximum absolute atomic E-state index is 11.1. The number of nitrogens with zero attached hydrogens (tertiary/aromatic N) is 1. The van der Waals surface area contributed by atoms with E-state index in [0.717, 1.165) is 43.1 Å². The minimum atomic E-state index is -0.307. The number of esters is 1. The fourth-order valence-corrected chi connectivity index (χ4v) is 1.85. The van der Waals surface area contributed by atoms with Crippen LogP contribution in [-0.4, -0.2) is 56.0 Å². The molecule has 20 heavy (non-hydrogen) atoms. The summed E-state index contributed by atoms with van der Waals surface area (Å²) in [5.41, 5.74) is 0.448. The van der Waals surface area contributed by atoms with Crippen LogP contribution in [0.3, 0.4) is 0 Å². The van der Waals surface area contributed by atoms with Gasteiger partial charge in [-0.25, -0.2) is 4.79 Å². The number of aliphatic hydroxyl groups is 1. The maximum Gasteiger partial charge on any atom is 0.333 e. The Morgan fingerprint density at radius 2 is 1.75 bits per heavy atom. The predicted octanol–water partition coefficient (Wildman–Crippen LogP) is -0.873. The molecule has 0 heterocycles. The molecule has 0 aromatic carbocycles. The van der Waals surface area contributed by atoms with Crippen LogP contribution in [0.4, 0.5) is 0 Å². The topological polar surface area (TPSA) is 46.5 Å². The first-order valence-corrected chi connectivity index (χ1v) is 7.03. The molecule has 0 radical (unpaired) electrons. The number of unbranched alkanes of at least 4 members (excludes halogenated alkanes) is 3. The predicted molar refractivity (Wildman–Crippen MR) is 77.8 cm³/mol. The van der Waals surface area contributed by atoms with Gasteiger partial charge in [-0.15, -0.1) is 0 Å². The molecule has 0 aliphatic heterocycles. The summed E-state index contributed by atoms with van der Waals surface area (Å²) >= 11 is 0. The molecule has 120 valence electrons. The van der Waals surface area contributed by atoms with Crippen molar-refractivity contribution in [3.63, 3.8) is 0 Å². The third-order valence-electron chi connectivity index (χ3n) is 2.77. The fraction of sp³-hybridized carbons (Fsp3) is 0.800. The first-order chi connectivity index (χ1) is 8.72. The Morgan fingerprint density at radius 1 is 1.20 bits per heavy atom. The van der Waals surface area contributed by atoms with Crippen molar-refractivity contribution in [2.75, 3.05) is 34.3 Å². The number of halogens is 1. The highest BCUT2D eigenvalue weighted by atomic mass is 79.9. The zero-order valence-corrected chi connectivity index (χ0v) is 14.9. The highest BCUT2D eigenvalue weighted by Gasteiger charge is 2.14. The van der Waals surface area contributed by atoms with Crippen molar-refractivity contribution in [1.29, 1.82) is 0 Å². The molecular weight excluding hydrogens is 322 g/mol. The van der Waals surface area contributed by atoms with Gasteiger partial charge >= 0.3 is 5.97 Å². The fourth-order valence-electron chi connectivity index (χ4n) is 1.85. The average Bonchev–Trinajstić information content (AvgIpc) is 2.24. The van der Waals surface area contributed by atoms with Crippen LogP contribution in [-0.2, 0) is 9.53 Å². The molecule has 0 saturated carbocycles. The van der Waals surface area contributed by atoms with E-state index in [1.807, 2.05) is 0 Å². The molecule has 0 aliphatic rings. The lowest BCUT2D eigenvalue weighted by atomic mass is 10.1. The molecule has 4 nitrogen and oxygen atoms in total. The molecule has 5 heteroatoms. The van der Waals surface area contributed by atoms with Crippen LogP contribution in [0.25, 0.3) is 0 Å². The molecular formula is C15H30BrNO3. The number of quaternary nitrogens is 1. The number of ether oxygens (including phenoxy) is 1. The highest BCUT2D eigenvalue weighted by molar-refractivity contribution is 5.86. The summed E-state index contributed by atoms with van der Waals surface area (Å²) in [4.78, 5) is 11.1. The van der Waals surface area contributed by atoms with E-state index in [1.165, 1.54) is 0 Å². The number of hydrogen-bond acceptors (Lipinski definition) is 3. The van der Waals surface area contributed by atoms with Gasteiger partial charge in [0.2, 0.25) is 0 Å². The van der Waals surface area contributed by atoms with E-state index in [4.69, 9.17) is 4.74 Å². The lowest BCUT2D eigenvalue weighted by Crippen LogP contribution is -3.00. The monoisotopic (exact) mass is 351 g/mol. The smallest absolute Gasteiger partial charge is 0.333 e. The van der Waals surface area contributed by atoms with E-state index in [0.29, 0.717) is 12.2 Å². The Morgan fingerprint density at radius 3 is 2.25 bits per heavy atom. The largest absolute Gasteiger partial charge is 1.00 e. The average molecular weight is 352 g/mol. The Balaban J connectivity index is 0. The Bertz CT molecular complexity index is 287. The van der Waals surface area contributed by atoms with Gasteiger partial charge in [0.1, 0.15) is 12.6 Å². The van der Waals surface area contributed by atoms with Gasteiger partial charge in [0.25, 0.3) is 0 Å². The molecule has 0 amide bonds. The van der Waals surface area contributed by atoms with Crippen LogP contribution in [0.15, 0.2) is 12.2 Å². The molecule has 0 aromatic heterocycles. The zero-order chi connectivity index (χ0) is 14.9. The van der Waals surface area contributed by atoms with Crippen molar-refractivity contribution in [1.82, 2.24) is 0 Å². The van der Waals surface area contributed by atoms with Gasteiger partial charge in [0.05, 0.1) is 27.7 Å². The summed E-state index contributed by atoms with van der Waals surface area (Å²) in [5, 5.41) is 9.83. The lowest BCUT2D eigenvalue weighted by Gasteiger charge is -2.26. The molecule has 1 unspecified atom stereocenters. The van der Waals surface area contributed by atoms with Crippen LogP contribution in [0, 0.1) is 0 Å². The van der Waals surface area contributed by atoms with Crippen molar-refractivity contribution >= 4 is 5.97 Å². The second-order valence-corrected chi connectivity index (χ2v) is 6.25. The number of aliphatic hydroxyl groups excluding tert-OH is 1. The quantitative estimate of drug-likeness (QED) is 0.241. The normalized spacial score (nSPS) is 12.4. The van der Waals surface area contributed by atoms with Gasteiger partial charge in [-0.05, 0) is 19.8 Å². The molecule has 1 atom stereocenters. The minimum absolute atomic E-state index is 0. The number of carbonyl (C=O) groups excluding carboxylic acids is 1. The van der Waals surface area contributed by atoms with E-state index < -0.39 is 0 Å². The van der Waals surface area contributed by atoms with Gasteiger partial charge in [-0.2, -0.15) is 0 Å². The third-order valence-corrected chi connectivity index (χ3v) is 2.77. The number of rotatable bonds is 10. The maximum atomic E-state index is 11.1. The van der Waals surface area contributed by atoms with Gasteiger partial charge in [0.15, 0.2) is 0 Å². The van der Waals surface area contributed by atoms with Crippen molar-refractivity contribution in [2.24, 2.45) is 0 Å². The molecule has 0 aliphatic carbocycles. The second-order valence-electron chi connectivity index (χ2n) is 6.25. The lowest BCUT2D eigenvalue weighted by molar-refractivity contribution is -0.873. The Kier molecular flexibility index (Phi) is 12.4.